The summed E-state index contributed by atoms with van der Waals surface area (Å²) >= 11 is 0. The van der Waals surface area contributed by atoms with Gasteiger partial charge in [0.25, 0.3) is 0 Å². The number of carbonyl (C=O) groups is 1. The van der Waals surface area contributed by atoms with Crippen LogP contribution in [0.1, 0.15) is 20.8 Å². The first-order chi connectivity index (χ1) is 7.25. The van der Waals surface area contributed by atoms with Gasteiger partial charge < -0.3 is 5.11 Å². The van der Waals surface area contributed by atoms with Gasteiger partial charge in [0.05, 0.1) is 11.8 Å². The molecule has 0 aromatic rings. The fraction of sp³-hybridized carbons (Fsp3) is 0.556. The Morgan fingerprint density at radius 1 is 1.56 bits per heavy atom. The first kappa shape index (κ1) is 12.7. The second-order valence-electron chi connectivity index (χ2n) is 3.94. The summed E-state index contributed by atoms with van der Waals surface area (Å²) in [4.78, 5) is 10.8. The minimum Gasteiger partial charge on any atom is -0.478 e. The number of carboxylic acid groups (broad SMARTS) is 1. The predicted octanol–water partition coefficient (Wildman–Crippen LogP) is 0.632. The lowest BCUT2D eigenvalue weighted by atomic mass is 10.2. The van der Waals surface area contributed by atoms with Crippen LogP contribution in [0.3, 0.4) is 0 Å². The summed E-state index contributed by atoms with van der Waals surface area (Å²) in [5, 5.41) is 8.86. The molecule has 1 aliphatic heterocycles. The maximum Gasteiger partial charge on any atom is 0.344 e. The molecular formula is C9H14N2O4S. The SMILES string of the molecule is CC1=C(C(=O)O)C=NS(=O)(=O)N1CC(C)C. The molecule has 0 unspecified atom stereocenters. The molecule has 1 aliphatic rings. The molecule has 0 atom stereocenters. The topological polar surface area (TPSA) is 87.0 Å². The van der Waals surface area contributed by atoms with Gasteiger partial charge in [0.1, 0.15) is 0 Å². The zero-order valence-electron chi connectivity index (χ0n) is 9.34. The molecule has 1 rings (SSSR count). The lowest BCUT2D eigenvalue weighted by Crippen LogP contribution is -2.35. The molecule has 0 radical (unpaired) electrons. The molecule has 90 valence electrons. The van der Waals surface area contributed by atoms with E-state index in [1.165, 1.54) is 6.92 Å². The Kier molecular flexibility index (Phi) is 3.37. The molecule has 7 heteroatoms. The van der Waals surface area contributed by atoms with Crippen molar-refractivity contribution in [3.8, 4) is 0 Å². The van der Waals surface area contributed by atoms with Crippen molar-refractivity contribution in [2.75, 3.05) is 6.54 Å². The van der Waals surface area contributed by atoms with Crippen LogP contribution < -0.4 is 0 Å². The minimum absolute atomic E-state index is 0.0875. The maximum atomic E-state index is 11.6. The summed E-state index contributed by atoms with van der Waals surface area (Å²) in [6, 6.07) is 0. The Hall–Kier alpha value is -1.37. The Bertz CT molecular complexity index is 462. The van der Waals surface area contributed by atoms with Crippen molar-refractivity contribution in [3.05, 3.63) is 11.3 Å². The predicted molar refractivity (Wildman–Crippen MR) is 59.3 cm³/mol. The summed E-state index contributed by atoms with van der Waals surface area (Å²) in [5.74, 6) is -1.09. The van der Waals surface area contributed by atoms with Crippen molar-refractivity contribution in [1.82, 2.24) is 4.31 Å². The van der Waals surface area contributed by atoms with Crippen LogP contribution in [0.15, 0.2) is 15.7 Å². The van der Waals surface area contributed by atoms with E-state index in [0.717, 1.165) is 10.5 Å². The fourth-order valence-corrected chi connectivity index (χ4v) is 2.63. The molecule has 0 aromatic carbocycles. The fourth-order valence-electron chi connectivity index (χ4n) is 1.35. The second-order valence-corrected chi connectivity index (χ2v) is 5.49. The van der Waals surface area contributed by atoms with Crippen LogP contribution in [-0.2, 0) is 15.0 Å². The van der Waals surface area contributed by atoms with Crippen molar-refractivity contribution in [3.63, 3.8) is 0 Å². The third-order valence-corrected chi connectivity index (χ3v) is 3.47. The number of rotatable bonds is 3. The summed E-state index contributed by atoms with van der Waals surface area (Å²) in [6.45, 7) is 5.39. The largest absolute Gasteiger partial charge is 0.478 e. The van der Waals surface area contributed by atoms with E-state index in [4.69, 9.17) is 5.11 Å². The highest BCUT2D eigenvalue weighted by molar-refractivity contribution is 7.88. The van der Waals surface area contributed by atoms with Gasteiger partial charge in [0.15, 0.2) is 0 Å². The molecule has 0 saturated heterocycles. The number of hydrogen-bond donors (Lipinski definition) is 1. The van der Waals surface area contributed by atoms with E-state index < -0.39 is 16.2 Å². The minimum atomic E-state index is -3.75. The van der Waals surface area contributed by atoms with Crippen LogP contribution in [0.2, 0.25) is 0 Å². The van der Waals surface area contributed by atoms with Crippen molar-refractivity contribution in [1.29, 1.82) is 0 Å². The monoisotopic (exact) mass is 246 g/mol. The first-order valence-electron chi connectivity index (χ1n) is 4.78. The molecule has 0 aliphatic carbocycles. The quantitative estimate of drug-likeness (QED) is 0.791. The Morgan fingerprint density at radius 3 is 2.56 bits per heavy atom. The first-order valence-corrected chi connectivity index (χ1v) is 6.17. The highest BCUT2D eigenvalue weighted by Gasteiger charge is 2.29. The highest BCUT2D eigenvalue weighted by Crippen LogP contribution is 2.21. The number of allylic oxidation sites excluding steroid dienone is 1. The maximum absolute atomic E-state index is 11.6. The molecule has 0 amide bonds. The summed E-state index contributed by atoms with van der Waals surface area (Å²) in [5.41, 5.74) is 0.117. The zero-order chi connectivity index (χ0) is 12.5. The summed E-state index contributed by atoms with van der Waals surface area (Å²) < 4.78 is 27.5. The van der Waals surface area contributed by atoms with Crippen LogP contribution >= 0.6 is 0 Å². The summed E-state index contributed by atoms with van der Waals surface area (Å²) in [7, 11) is -3.75. The Morgan fingerprint density at radius 2 is 2.12 bits per heavy atom. The highest BCUT2D eigenvalue weighted by atomic mass is 32.2. The van der Waals surface area contributed by atoms with E-state index in [2.05, 4.69) is 4.40 Å². The number of aliphatic carboxylic acids is 1. The smallest absolute Gasteiger partial charge is 0.344 e. The molecule has 16 heavy (non-hydrogen) atoms. The lowest BCUT2D eigenvalue weighted by molar-refractivity contribution is -0.132. The van der Waals surface area contributed by atoms with Gasteiger partial charge in [-0.3, -0.25) is 4.31 Å². The molecule has 1 heterocycles. The van der Waals surface area contributed by atoms with E-state index in [0.29, 0.717) is 0 Å². The van der Waals surface area contributed by atoms with Gasteiger partial charge in [-0.15, -0.1) is 0 Å². The molecule has 0 spiro atoms. The van der Waals surface area contributed by atoms with Gasteiger partial charge in [-0.25, -0.2) is 4.79 Å². The van der Waals surface area contributed by atoms with Crippen molar-refractivity contribution in [2.45, 2.75) is 20.8 Å². The number of carboxylic acids is 1. The van der Waals surface area contributed by atoms with Gasteiger partial charge in [0, 0.05) is 12.2 Å². The molecule has 0 saturated carbocycles. The third kappa shape index (κ3) is 2.41. The Balaban J connectivity index is 3.20. The van der Waals surface area contributed by atoms with Gasteiger partial charge in [-0.1, -0.05) is 13.8 Å². The van der Waals surface area contributed by atoms with E-state index >= 15 is 0 Å². The summed E-state index contributed by atoms with van der Waals surface area (Å²) in [6.07, 6.45) is 0.879. The Labute approximate surface area is 94.5 Å². The van der Waals surface area contributed by atoms with Gasteiger partial charge >= 0.3 is 16.2 Å². The average molecular weight is 246 g/mol. The van der Waals surface area contributed by atoms with Gasteiger partial charge in [-0.2, -0.15) is 12.8 Å². The van der Waals surface area contributed by atoms with Crippen molar-refractivity contribution >= 4 is 22.4 Å². The molecule has 0 aromatic heterocycles. The van der Waals surface area contributed by atoms with Crippen molar-refractivity contribution in [2.24, 2.45) is 10.3 Å². The third-order valence-electron chi connectivity index (χ3n) is 2.12. The number of hydrogen-bond acceptors (Lipinski definition) is 3. The van der Waals surface area contributed by atoms with Crippen LogP contribution in [0.25, 0.3) is 0 Å². The lowest BCUT2D eigenvalue weighted by Gasteiger charge is -2.27. The van der Waals surface area contributed by atoms with E-state index in [9.17, 15) is 13.2 Å². The van der Waals surface area contributed by atoms with Gasteiger partial charge in [-0.05, 0) is 12.8 Å². The van der Waals surface area contributed by atoms with Gasteiger partial charge in [0.2, 0.25) is 0 Å². The van der Waals surface area contributed by atoms with E-state index in [1.807, 2.05) is 13.8 Å². The molecule has 0 bridgehead atoms. The molecule has 6 nitrogen and oxygen atoms in total. The zero-order valence-corrected chi connectivity index (χ0v) is 10.2. The average Bonchev–Trinajstić information content (AvgIpc) is 2.11. The standard InChI is InChI=1S/C9H14N2O4S/c1-6(2)5-11-7(3)8(9(12)13)4-10-16(11,14)15/h4,6H,5H2,1-3H3,(H,12,13). The molecule has 0 fully saturated rings. The van der Waals surface area contributed by atoms with Crippen LogP contribution in [0, 0.1) is 5.92 Å². The molecular weight excluding hydrogens is 232 g/mol. The molecule has 1 N–H and O–H groups in total. The van der Waals surface area contributed by atoms with Crippen LogP contribution in [-0.4, -0.2) is 36.6 Å². The second kappa shape index (κ2) is 4.25. The van der Waals surface area contributed by atoms with Crippen LogP contribution in [0.5, 0.6) is 0 Å². The van der Waals surface area contributed by atoms with E-state index in [-0.39, 0.29) is 23.7 Å². The number of nitrogens with zero attached hydrogens (tertiary/aromatic N) is 2. The normalized spacial score (nSPS) is 19.4. The van der Waals surface area contributed by atoms with E-state index in [1.54, 1.807) is 0 Å². The van der Waals surface area contributed by atoms with Crippen molar-refractivity contribution < 1.29 is 18.3 Å². The van der Waals surface area contributed by atoms with Crippen LogP contribution in [0.4, 0.5) is 0 Å².